The molecule has 0 spiro atoms. The zero-order valence-electron chi connectivity index (χ0n) is 20.4. The summed E-state index contributed by atoms with van der Waals surface area (Å²) in [6.45, 7) is 6.67. The summed E-state index contributed by atoms with van der Waals surface area (Å²) in [5.74, 6) is -1.64. The highest BCUT2D eigenvalue weighted by Crippen LogP contribution is 2.30. The van der Waals surface area contributed by atoms with Gasteiger partial charge in [0.05, 0.1) is 0 Å². The minimum atomic E-state index is -1.34. The van der Waals surface area contributed by atoms with E-state index in [0.29, 0.717) is 25.8 Å². The first kappa shape index (κ1) is 29.4. The van der Waals surface area contributed by atoms with Crippen molar-refractivity contribution in [3.05, 3.63) is 0 Å². The number of carbonyl (C=O) groups is 3. The number of hydrogen-bond acceptors (Lipinski definition) is 3. The van der Waals surface area contributed by atoms with Crippen LogP contribution >= 0.6 is 0 Å². The van der Waals surface area contributed by atoms with E-state index in [4.69, 9.17) is 5.73 Å². The van der Waals surface area contributed by atoms with Crippen molar-refractivity contribution in [2.45, 2.75) is 135 Å². The van der Waals surface area contributed by atoms with Gasteiger partial charge in [-0.2, -0.15) is 0 Å². The van der Waals surface area contributed by atoms with E-state index in [0.717, 1.165) is 38.5 Å². The molecular weight excluding hydrogens is 392 g/mol. The molecule has 2 amide bonds. The number of amides is 2. The first-order valence-corrected chi connectivity index (χ1v) is 12.7. The van der Waals surface area contributed by atoms with E-state index >= 15 is 0 Å². The molecule has 0 heterocycles. The fraction of sp³-hybridized carbons (Fsp3) is 0.880. The maximum Gasteiger partial charge on any atom is 0.329 e. The molecule has 6 heteroatoms. The molecule has 0 aliphatic rings. The van der Waals surface area contributed by atoms with E-state index in [2.05, 4.69) is 6.92 Å². The van der Waals surface area contributed by atoms with Crippen LogP contribution in [0.2, 0.25) is 0 Å². The lowest BCUT2D eigenvalue weighted by Gasteiger charge is -2.41. The van der Waals surface area contributed by atoms with Gasteiger partial charge in [0.15, 0.2) is 0 Å². The Hall–Kier alpha value is -1.59. The summed E-state index contributed by atoms with van der Waals surface area (Å²) < 4.78 is 0. The number of aliphatic carboxylic acids is 1. The summed E-state index contributed by atoms with van der Waals surface area (Å²) in [6.07, 6.45) is 14.5. The highest BCUT2D eigenvalue weighted by molar-refractivity contribution is 5.88. The molecule has 182 valence electrons. The number of nitrogens with two attached hydrogens (primary N) is 1. The second-order valence-corrected chi connectivity index (χ2v) is 8.88. The molecule has 0 aromatic heterocycles. The maximum atomic E-state index is 13.2. The van der Waals surface area contributed by atoms with Crippen LogP contribution in [0.4, 0.5) is 0 Å². The molecule has 0 bridgehead atoms. The molecule has 31 heavy (non-hydrogen) atoms. The largest absolute Gasteiger partial charge is 0.479 e. The normalized spacial score (nSPS) is 13.0. The molecule has 0 radical (unpaired) electrons. The Morgan fingerprint density at radius 2 is 1.23 bits per heavy atom. The summed E-state index contributed by atoms with van der Waals surface area (Å²) in [7, 11) is 0. The Bertz CT molecular complexity index is 510. The first-order valence-electron chi connectivity index (χ1n) is 12.7. The standard InChI is InChI=1S/C25H48N2O4/c1-4-7-10-11-12-13-14-15-16-17-23(29)27(21-9-6-3)25(24(30)31,19-8-5-2)20-18-22(26)28/h4-21H2,1-3H3,(H2,26,28)(H,30,31). The van der Waals surface area contributed by atoms with Crippen molar-refractivity contribution in [3.8, 4) is 0 Å². The van der Waals surface area contributed by atoms with Gasteiger partial charge in [0.25, 0.3) is 0 Å². The van der Waals surface area contributed by atoms with Crippen LogP contribution in [0.15, 0.2) is 0 Å². The molecule has 1 unspecified atom stereocenters. The van der Waals surface area contributed by atoms with Gasteiger partial charge in [-0.05, 0) is 25.7 Å². The molecule has 0 saturated heterocycles. The molecule has 0 rings (SSSR count). The third-order valence-corrected chi connectivity index (χ3v) is 6.17. The third-order valence-electron chi connectivity index (χ3n) is 6.17. The van der Waals surface area contributed by atoms with Gasteiger partial charge in [0, 0.05) is 19.4 Å². The molecule has 1 atom stereocenters. The lowest BCUT2D eigenvalue weighted by Crippen LogP contribution is -2.57. The van der Waals surface area contributed by atoms with Gasteiger partial charge in [-0.3, -0.25) is 9.59 Å². The topological polar surface area (TPSA) is 101 Å². The highest BCUT2D eigenvalue weighted by atomic mass is 16.4. The summed E-state index contributed by atoms with van der Waals surface area (Å²) in [4.78, 5) is 38.6. The molecule has 0 saturated carbocycles. The molecular formula is C25H48N2O4. The number of nitrogens with zero attached hydrogens (tertiary/aromatic N) is 1. The van der Waals surface area contributed by atoms with Crippen LogP contribution in [0.5, 0.6) is 0 Å². The predicted molar refractivity (Wildman–Crippen MR) is 127 cm³/mol. The minimum absolute atomic E-state index is 0.0239. The van der Waals surface area contributed by atoms with Crippen LogP contribution < -0.4 is 5.73 Å². The third kappa shape index (κ3) is 12.1. The SMILES string of the molecule is CCCCCCCCCCCC(=O)N(CCCC)C(CCCC)(CCC(N)=O)C(=O)O. The van der Waals surface area contributed by atoms with Gasteiger partial charge in [0.2, 0.25) is 11.8 Å². The first-order chi connectivity index (χ1) is 14.9. The van der Waals surface area contributed by atoms with E-state index in [9.17, 15) is 19.5 Å². The van der Waals surface area contributed by atoms with E-state index < -0.39 is 17.4 Å². The smallest absolute Gasteiger partial charge is 0.329 e. The molecule has 0 aromatic carbocycles. The van der Waals surface area contributed by atoms with E-state index in [-0.39, 0.29) is 18.7 Å². The predicted octanol–water partition coefficient (Wildman–Crippen LogP) is 5.82. The average molecular weight is 441 g/mol. The van der Waals surface area contributed by atoms with Gasteiger partial charge in [-0.25, -0.2) is 4.79 Å². The van der Waals surface area contributed by atoms with Crippen LogP contribution in [0.3, 0.4) is 0 Å². The van der Waals surface area contributed by atoms with Crippen molar-refractivity contribution in [3.63, 3.8) is 0 Å². The number of rotatable bonds is 21. The highest BCUT2D eigenvalue weighted by Gasteiger charge is 2.45. The second-order valence-electron chi connectivity index (χ2n) is 8.88. The average Bonchev–Trinajstić information content (AvgIpc) is 2.73. The second kappa shape index (κ2) is 18.0. The fourth-order valence-corrected chi connectivity index (χ4v) is 4.14. The van der Waals surface area contributed by atoms with Crippen molar-refractivity contribution in [2.75, 3.05) is 6.54 Å². The van der Waals surface area contributed by atoms with E-state index in [1.165, 1.54) is 38.5 Å². The monoisotopic (exact) mass is 440 g/mol. The number of carboxylic acids is 1. The van der Waals surface area contributed by atoms with Crippen molar-refractivity contribution >= 4 is 17.8 Å². The lowest BCUT2D eigenvalue weighted by atomic mass is 9.84. The Morgan fingerprint density at radius 1 is 0.710 bits per heavy atom. The minimum Gasteiger partial charge on any atom is -0.479 e. The van der Waals surface area contributed by atoms with Crippen molar-refractivity contribution < 1.29 is 19.5 Å². The Kier molecular flexibility index (Phi) is 17.1. The number of carbonyl (C=O) groups excluding carboxylic acids is 2. The van der Waals surface area contributed by atoms with Crippen LogP contribution in [-0.4, -0.2) is 39.9 Å². The summed E-state index contributed by atoms with van der Waals surface area (Å²) in [5.41, 5.74) is 4.00. The van der Waals surface area contributed by atoms with Crippen LogP contribution in [-0.2, 0) is 14.4 Å². The Morgan fingerprint density at radius 3 is 1.71 bits per heavy atom. The number of hydrogen-bond donors (Lipinski definition) is 2. The molecule has 0 aliphatic heterocycles. The number of carboxylic acid groups (broad SMARTS) is 1. The summed E-state index contributed by atoms with van der Waals surface area (Å²) in [6, 6.07) is 0. The Balaban J connectivity index is 5.01. The van der Waals surface area contributed by atoms with Crippen molar-refractivity contribution in [2.24, 2.45) is 5.73 Å². The molecule has 3 N–H and O–H groups in total. The maximum absolute atomic E-state index is 13.2. The zero-order valence-corrected chi connectivity index (χ0v) is 20.4. The summed E-state index contributed by atoms with van der Waals surface area (Å²) >= 11 is 0. The quantitative estimate of drug-likeness (QED) is 0.220. The van der Waals surface area contributed by atoms with Gasteiger partial charge < -0.3 is 15.7 Å². The van der Waals surface area contributed by atoms with Crippen LogP contribution in [0.1, 0.15) is 130 Å². The fourth-order valence-electron chi connectivity index (χ4n) is 4.14. The zero-order chi connectivity index (χ0) is 23.5. The van der Waals surface area contributed by atoms with Crippen molar-refractivity contribution in [1.82, 2.24) is 4.90 Å². The van der Waals surface area contributed by atoms with Gasteiger partial charge in [-0.15, -0.1) is 0 Å². The molecule has 0 fully saturated rings. The molecule has 0 aliphatic carbocycles. The van der Waals surface area contributed by atoms with Gasteiger partial charge >= 0.3 is 5.97 Å². The van der Waals surface area contributed by atoms with Crippen molar-refractivity contribution in [1.29, 1.82) is 0 Å². The molecule has 0 aromatic rings. The van der Waals surface area contributed by atoms with Gasteiger partial charge in [0.1, 0.15) is 5.54 Å². The van der Waals surface area contributed by atoms with Crippen LogP contribution in [0.25, 0.3) is 0 Å². The van der Waals surface area contributed by atoms with E-state index in [1.54, 1.807) is 4.90 Å². The summed E-state index contributed by atoms with van der Waals surface area (Å²) in [5, 5.41) is 10.2. The van der Waals surface area contributed by atoms with Gasteiger partial charge in [-0.1, -0.05) is 91.4 Å². The number of unbranched alkanes of at least 4 members (excludes halogenated alkanes) is 10. The van der Waals surface area contributed by atoms with E-state index in [1.807, 2.05) is 13.8 Å². The lowest BCUT2D eigenvalue weighted by molar-refractivity contribution is -0.161. The number of primary amides is 1. The van der Waals surface area contributed by atoms with Crippen LogP contribution in [0, 0.1) is 0 Å². The Labute approximate surface area is 190 Å². The molecule has 6 nitrogen and oxygen atoms in total.